The minimum Gasteiger partial charge on any atom is -0.394 e. The van der Waals surface area contributed by atoms with Gasteiger partial charge in [0.25, 0.3) is 5.56 Å². The molecule has 12 heteroatoms. The fourth-order valence-corrected chi connectivity index (χ4v) is 4.46. The Balaban J connectivity index is 1.80. The summed E-state index contributed by atoms with van der Waals surface area (Å²) in [5.74, 6) is 0. The van der Waals surface area contributed by atoms with E-state index in [0.29, 0.717) is 0 Å². The summed E-state index contributed by atoms with van der Waals surface area (Å²) < 4.78 is 30.4. The fourth-order valence-electron chi connectivity index (χ4n) is 3.46. The fraction of sp³-hybridized carbons (Fsp3) is 0.375. The van der Waals surface area contributed by atoms with Gasteiger partial charge in [-0.05, 0) is 0 Å². The lowest BCUT2D eigenvalue weighted by molar-refractivity contribution is -0.189. The minimum atomic E-state index is -5.02. The SMILES string of the molecule is O=c1ccn([C@@H]2O[C@H](CO)[C@H]3O[C@](c4ccccc4)(P(=O)(O)O)O[C@H]32)c(=O)[nH]1. The molecule has 2 aliphatic rings. The molecule has 3 heterocycles. The van der Waals surface area contributed by atoms with E-state index in [2.05, 4.69) is 4.98 Å². The normalized spacial score (nSPS) is 32.4. The van der Waals surface area contributed by atoms with Gasteiger partial charge in [0.2, 0.25) is 0 Å². The molecule has 0 aliphatic carbocycles. The van der Waals surface area contributed by atoms with Gasteiger partial charge in [0, 0.05) is 17.8 Å². The van der Waals surface area contributed by atoms with Crippen molar-refractivity contribution in [1.82, 2.24) is 9.55 Å². The Morgan fingerprint density at radius 2 is 1.79 bits per heavy atom. The molecular formula is C16H17N2O9P. The summed E-state index contributed by atoms with van der Waals surface area (Å²) in [4.78, 5) is 45.6. The number of benzene rings is 1. The number of H-pyrrole nitrogens is 1. The summed E-state index contributed by atoms with van der Waals surface area (Å²) in [5, 5.41) is 9.63. The zero-order valence-electron chi connectivity index (χ0n) is 14.2. The summed E-state index contributed by atoms with van der Waals surface area (Å²) in [7, 11) is -5.02. The van der Waals surface area contributed by atoms with Crippen molar-refractivity contribution in [3.63, 3.8) is 0 Å². The topological polar surface area (TPSA) is 160 Å². The van der Waals surface area contributed by atoms with Crippen LogP contribution in [-0.2, 0) is 24.3 Å². The monoisotopic (exact) mass is 412 g/mol. The second kappa shape index (κ2) is 6.75. The van der Waals surface area contributed by atoms with Crippen molar-refractivity contribution in [2.45, 2.75) is 30.1 Å². The van der Waals surface area contributed by atoms with Crippen LogP contribution < -0.4 is 11.2 Å². The van der Waals surface area contributed by atoms with E-state index in [1.807, 2.05) is 0 Å². The number of nitrogens with one attached hydrogen (secondary N) is 1. The van der Waals surface area contributed by atoms with Crippen LogP contribution in [0.25, 0.3) is 0 Å². The van der Waals surface area contributed by atoms with E-state index >= 15 is 0 Å². The zero-order valence-corrected chi connectivity index (χ0v) is 15.1. The van der Waals surface area contributed by atoms with Crippen molar-refractivity contribution < 1.29 is 33.7 Å². The van der Waals surface area contributed by atoms with Crippen molar-refractivity contribution >= 4 is 7.60 Å². The van der Waals surface area contributed by atoms with Crippen LogP contribution in [0.15, 0.2) is 52.2 Å². The number of aromatic nitrogens is 2. The van der Waals surface area contributed by atoms with Gasteiger partial charge in [-0.3, -0.25) is 18.9 Å². The molecule has 28 heavy (non-hydrogen) atoms. The van der Waals surface area contributed by atoms with Crippen LogP contribution in [-0.4, -0.2) is 49.4 Å². The number of nitrogens with zero attached hydrogens (tertiary/aromatic N) is 1. The largest absolute Gasteiger partial charge is 0.394 e. The number of aliphatic hydroxyl groups is 1. The predicted molar refractivity (Wildman–Crippen MR) is 92.2 cm³/mol. The Kier molecular flexibility index (Phi) is 4.63. The Morgan fingerprint density at radius 3 is 2.39 bits per heavy atom. The quantitative estimate of drug-likeness (QED) is 0.471. The van der Waals surface area contributed by atoms with Crippen LogP contribution >= 0.6 is 7.60 Å². The molecule has 2 aromatic rings. The van der Waals surface area contributed by atoms with Gasteiger partial charge in [-0.15, -0.1) is 0 Å². The molecule has 4 rings (SSSR count). The van der Waals surface area contributed by atoms with E-state index in [-0.39, 0.29) is 5.56 Å². The Labute approximate surface area is 157 Å². The van der Waals surface area contributed by atoms with Crippen molar-refractivity contribution in [3.8, 4) is 0 Å². The number of fused-ring (bicyclic) bond motifs is 1. The van der Waals surface area contributed by atoms with Crippen LogP contribution in [0, 0.1) is 0 Å². The second-order valence-corrected chi connectivity index (χ2v) is 8.10. The van der Waals surface area contributed by atoms with E-state index < -0.39 is 55.5 Å². The van der Waals surface area contributed by atoms with Crippen LogP contribution in [0.2, 0.25) is 0 Å². The molecule has 1 aromatic heterocycles. The average molecular weight is 412 g/mol. The maximum Gasteiger partial charge on any atom is 0.389 e. The van der Waals surface area contributed by atoms with Gasteiger partial charge >= 0.3 is 18.8 Å². The highest BCUT2D eigenvalue weighted by Gasteiger charge is 2.66. The molecule has 11 nitrogen and oxygen atoms in total. The Morgan fingerprint density at radius 1 is 1.11 bits per heavy atom. The summed E-state index contributed by atoms with van der Waals surface area (Å²) in [5.41, 5.74) is -3.74. The van der Waals surface area contributed by atoms with Gasteiger partial charge in [-0.25, -0.2) is 4.79 Å². The van der Waals surface area contributed by atoms with Crippen LogP contribution in [0.5, 0.6) is 0 Å². The third-order valence-electron chi connectivity index (χ3n) is 4.70. The lowest BCUT2D eigenvalue weighted by atomic mass is 10.1. The van der Waals surface area contributed by atoms with Crippen molar-refractivity contribution in [1.29, 1.82) is 0 Å². The van der Waals surface area contributed by atoms with E-state index in [4.69, 9.17) is 14.2 Å². The lowest BCUT2D eigenvalue weighted by Gasteiger charge is -2.31. The van der Waals surface area contributed by atoms with E-state index in [1.165, 1.54) is 18.3 Å². The molecule has 0 bridgehead atoms. The first-order chi connectivity index (χ1) is 13.3. The molecule has 150 valence electrons. The number of ether oxygens (including phenoxy) is 3. The van der Waals surface area contributed by atoms with Gasteiger partial charge < -0.3 is 29.1 Å². The summed E-state index contributed by atoms with van der Waals surface area (Å²) >= 11 is 0. The molecular weight excluding hydrogens is 395 g/mol. The van der Waals surface area contributed by atoms with Crippen LogP contribution in [0.4, 0.5) is 0 Å². The average Bonchev–Trinajstić information content (AvgIpc) is 3.19. The standard InChI is InChI=1S/C16H17N2O9P/c19-8-10-12-13(14(25-10)18-7-6-11(20)17-15(18)21)27-16(26-12,28(22,23)24)9-4-2-1-3-5-9/h1-7,10,12-14,19H,8H2,(H,17,20,21)(H2,22,23,24)/t10-,12-,13-,14-,16+/m1/s1. The summed E-state index contributed by atoms with van der Waals surface area (Å²) in [6.07, 6.45) is -3.21. The first-order valence-electron chi connectivity index (χ1n) is 8.31. The molecule has 4 N–H and O–H groups in total. The Hall–Kier alpha value is -2.11. The zero-order chi connectivity index (χ0) is 20.1. The van der Waals surface area contributed by atoms with Gasteiger partial charge in [0.1, 0.15) is 18.3 Å². The van der Waals surface area contributed by atoms with E-state index in [9.17, 15) is 29.0 Å². The smallest absolute Gasteiger partial charge is 0.389 e. The molecule has 0 unspecified atom stereocenters. The molecule has 0 saturated carbocycles. The maximum absolute atomic E-state index is 12.4. The van der Waals surface area contributed by atoms with Gasteiger partial charge in [0.05, 0.1) is 6.61 Å². The third-order valence-corrected chi connectivity index (χ3v) is 5.94. The molecule has 2 saturated heterocycles. The summed E-state index contributed by atoms with van der Waals surface area (Å²) in [6.45, 7) is -0.537. The molecule has 0 spiro atoms. The van der Waals surface area contributed by atoms with Crippen molar-refractivity contribution in [2.24, 2.45) is 0 Å². The number of rotatable bonds is 4. The minimum absolute atomic E-state index is 0.0852. The first-order valence-corrected chi connectivity index (χ1v) is 9.93. The molecule has 2 fully saturated rings. The summed E-state index contributed by atoms with van der Waals surface area (Å²) in [6, 6.07) is 8.77. The number of aromatic amines is 1. The van der Waals surface area contributed by atoms with Gasteiger partial charge in [-0.2, -0.15) is 0 Å². The van der Waals surface area contributed by atoms with Crippen molar-refractivity contribution in [2.75, 3.05) is 6.61 Å². The predicted octanol–water partition coefficient (Wildman–Crippen LogP) is -0.802. The van der Waals surface area contributed by atoms with E-state index in [0.717, 1.165) is 10.6 Å². The number of aliphatic hydroxyl groups excluding tert-OH is 1. The maximum atomic E-state index is 12.4. The molecule has 0 amide bonds. The van der Waals surface area contributed by atoms with E-state index in [1.54, 1.807) is 18.2 Å². The molecule has 0 radical (unpaired) electrons. The van der Waals surface area contributed by atoms with Crippen LogP contribution in [0.3, 0.4) is 0 Å². The Bertz CT molecular complexity index is 1030. The molecule has 1 aromatic carbocycles. The first kappa shape index (κ1) is 19.2. The number of hydrogen-bond acceptors (Lipinski definition) is 7. The lowest BCUT2D eigenvalue weighted by Crippen LogP contribution is -2.37. The highest BCUT2D eigenvalue weighted by molar-refractivity contribution is 7.52. The third kappa shape index (κ3) is 2.88. The van der Waals surface area contributed by atoms with Crippen LogP contribution in [0.1, 0.15) is 11.8 Å². The second-order valence-electron chi connectivity index (χ2n) is 6.42. The van der Waals surface area contributed by atoms with Gasteiger partial charge in [-0.1, -0.05) is 30.3 Å². The van der Waals surface area contributed by atoms with Gasteiger partial charge in [0.15, 0.2) is 6.23 Å². The molecule has 5 atom stereocenters. The highest BCUT2D eigenvalue weighted by Crippen LogP contribution is 2.64. The highest BCUT2D eigenvalue weighted by atomic mass is 31.2. The number of hydrogen-bond donors (Lipinski definition) is 4. The van der Waals surface area contributed by atoms with Crippen molar-refractivity contribution in [3.05, 3.63) is 69.0 Å². The molecule has 2 aliphatic heterocycles.